The van der Waals surface area contributed by atoms with Crippen LogP contribution in [0.25, 0.3) is 105 Å². The Morgan fingerprint density at radius 3 is 1.78 bits per heavy atom. The molecule has 0 bridgehead atoms. The number of furan rings is 1. The van der Waals surface area contributed by atoms with Gasteiger partial charge in [-0.05, 0) is 137 Å². The molecule has 4 nitrogen and oxygen atoms in total. The van der Waals surface area contributed by atoms with Crippen LogP contribution in [-0.4, -0.2) is 22.6 Å². The largest absolute Gasteiger partial charge is 0.501 e. The summed E-state index contributed by atoms with van der Waals surface area (Å²) in [6, 6.07) is 70.6. The van der Waals surface area contributed by atoms with Gasteiger partial charge < -0.3 is 14.0 Å². The van der Waals surface area contributed by atoms with Gasteiger partial charge in [0.05, 0.1) is 30.5 Å². The third-order valence-corrected chi connectivity index (χ3v) is 17.6. The first-order valence-electron chi connectivity index (χ1n) is 27.8. The molecule has 0 spiro atoms. The predicted octanol–water partition coefficient (Wildman–Crippen LogP) is 20.0. The molecule has 0 atom stereocenters. The monoisotopic (exact) mass is 1230 g/mol. The van der Waals surface area contributed by atoms with Crippen LogP contribution < -0.4 is 5.19 Å². The summed E-state index contributed by atoms with van der Waals surface area (Å²) in [6.07, 6.45) is 1.91. The average Bonchev–Trinajstić information content (AvgIpc) is 4.24. The van der Waals surface area contributed by atoms with Crippen LogP contribution in [0.1, 0.15) is 103 Å². The molecule has 0 saturated carbocycles. The summed E-state index contributed by atoms with van der Waals surface area (Å²) >= 11 is 0. The van der Waals surface area contributed by atoms with Crippen LogP contribution in [0.5, 0.6) is 0 Å². The molecule has 399 valence electrons. The van der Waals surface area contributed by atoms with Crippen molar-refractivity contribution in [1.82, 2.24) is 14.5 Å². The number of benzene rings is 9. The quantitative estimate of drug-likeness (QED) is 0.0865. The molecule has 12 aromatic rings. The first-order valence-corrected chi connectivity index (χ1v) is 31.3. The molecule has 6 heteroatoms. The Bertz CT molecular complexity index is 4140. The van der Waals surface area contributed by atoms with Crippen LogP contribution in [0, 0.1) is 12.1 Å². The Balaban J connectivity index is 0.000000356. The second-order valence-corrected chi connectivity index (χ2v) is 30.0. The van der Waals surface area contributed by atoms with Crippen molar-refractivity contribution < 1.29 is 24.5 Å². The fraction of sp³-hybridized carbons (Fsp3) is 0.233. The molecule has 0 aliphatic carbocycles. The number of rotatable bonds is 8. The number of pyridine rings is 1. The molecule has 9 aromatic carbocycles. The third-order valence-electron chi connectivity index (χ3n) is 15.5. The van der Waals surface area contributed by atoms with Crippen molar-refractivity contribution in [2.24, 2.45) is 0 Å². The summed E-state index contributed by atoms with van der Waals surface area (Å²) in [6.45, 7) is 30.1. The van der Waals surface area contributed by atoms with Crippen LogP contribution in [0.2, 0.25) is 19.6 Å². The first-order chi connectivity index (χ1) is 37.2. The van der Waals surface area contributed by atoms with Crippen molar-refractivity contribution in [3.63, 3.8) is 0 Å². The second-order valence-electron chi connectivity index (χ2n) is 25.0. The molecule has 0 N–H and O–H groups in total. The Morgan fingerprint density at radius 1 is 0.532 bits per heavy atom. The van der Waals surface area contributed by atoms with Crippen LogP contribution in [0.4, 0.5) is 0 Å². The zero-order chi connectivity index (χ0) is 54.8. The summed E-state index contributed by atoms with van der Waals surface area (Å²) in [5.74, 6) is 1.30. The molecule has 0 aliphatic heterocycles. The molecule has 3 aromatic heterocycles. The van der Waals surface area contributed by atoms with E-state index < -0.39 is 8.07 Å². The molecule has 0 amide bonds. The summed E-state index contributed by atoms with van der Waals surface area (Å²) in [4.78, 5) is 9.82. The van der Waals surface area contributed by atoms with E-state index in [0.717, 1.165) is 55.6 Å². The van der Waals surface area contributed by atoms with Crippen molar-refractivity contribution in [1.29, 1.82) is 0 Å². The first kappa shape index (κ1) is 55.1. The van der Waals surface area contributed by atoms with E-state index in [-0.39, 0.29) is 42.8 Å². The normalized spacial score (nSPS) is 12.2. The molecule has 0 unspecified atom stereocenters. The van der Waals surface area contributed by atoms with Gasteiger partial charge in [-0.15, -0.1) is 54.1 Å². The van der Waals surface area contributed by atoms with Crippen LogP contribution in [0.3, 0.4) is 0 Å². The van der Waals surface area contributed by atoms with Gasteiger partial charge in [0.25, 0.3) is 0 Å². The van der Waals surface area contributed by atoms with Crippen molar-refractivity contribution in [2.75, 3.05) is 0 Å². The van der Waals surface area contributed by atoms with E-state index in [1.54, 1.807) is 0 Å². The SMILES string of the molecule is CC(C)c1cc(-c2ccc(-c3cc(C(C)(C)C)cc(C(C)(C)C)c3)cc2)cc(C(C)C)c1-n1c(-c2[c-]ccc3c2oc2cc4c(ccc5ccccc54)cc23)nc2ccccc21.C[Si](C)(C)c1ccnc(-c2[c-]cccc2)c1.[Ir]. The van der Waals surface area contributed by atoms with E-state index in [1.807, 2.05) is 30.5 Å². The summed E-state index contributed by atoms with van der Waals surface area (Å²) in [5, 5.41) is 8.43. The maximum atomic E-state index is 6.92. The number of nitrogens with zero attached hydrogens (tertiary/aromatic N) is 3. The van der Waals surface area contributed by atoms with E-state index in [1.165, 1.54) is 76.9 Å². The molecule has 12 rings (SSSR count). The summed E-state index contributed by atoms with van der Waals surface area (Å²) in [7, 11) is -1.25. The van der Waals surface area contributed by atoms with E-state index >= 15 is 0 Å². The number of hydrogen-bond acceptors (Lipinski definition) is 3. The van der Waals surface area contributed by atoms with Crippen molar-refractivity contribution in [2.45, 2.75) is 112 Å². The van der Waals surface area contributed by atoms with Gasteiger partial charge in [0, 0.05) is 37.4 Å². The topological polar surface area (TPSA) is 43.9 Å². The fourth-order valence-corrected chi connectivity index (χ4v) is 12.1. The van der Waals surface area contributed by atoms with Gasteiger partial charge in [-0.3, -0.25) is 4.98 Å². The van der Waals surface area contributed by atoms with Gasteiger partial charge in [-0.1, -0.05) is 202 Å². The van der Waals surface area contributed by atoms with E-state index in [0.29, 0.717) is 0 Å². The Hall–Kier alpha value is -7.21. The Morgan fingerprint density at radius 2 is 1.15 bits per heavy atom. The van der Waals surface area contributed by atoms with Gasteiger partial charge in [0.15, 0.2) is 0 Å². The minimum atomic E-state index is -1.25. The summed E-state index contributed by atoms with van der Waals surface area (Å²) < 4.78 is 9.31. The average molecular weight is 1230 g/mol. The third kappa shape index (κ3) is 10.8. The van der Waals surface area contributed by atoms with Gasteiger partial charge in [-0.2, -0.15) is 0 Å². The molecule has 0 aliphatic rings. The van der Waals surface area contributed by atoms with Gasteiger partial charge >= 0.3 is 0 Å². The van der Waals surface area contributed by atoms with E-state index in [4.69, 9.17) is 9.40 Å². The minimum absolute atomic E-state index is 0. The van der Waals surface area contributed by atoms with Gasteiger partial charge in [0.1, 0.15) is 5.58 Å². The molecule has 0 fully saturated rings. The van der Waals surface area contributed by atoms with Crippen LogP contribution >= 0.6 is 0 Å². The van der Waals surface area contributed by atoms with Crippen molar-refractivity contribution >= 4 is 67.8 Å². The molecular formula is C73H71IrN3OSi-2. The predicted molar refractivity (Wildman–Crippen MR) is 336 cm³/mol. The van der Waals surface area contributed by atoms with Crippen molar-refractivity contribution in [3.8, 4) is 50.6 Å². The van der Waals surface area contributed by atoms with Gasteiger partial charge in [-0.25, -0.2) is 0 Å². The van der Waals surface area contributed by atoms with Crippen molar-refractivity contribution in [3.05, 3.63) is 217 Å². The second kappa shape index (κ2) is 21.4. The number of para-hydroxylation sites is 2. The molecule has 0 saturated heterocycles. The molecule has 3 heterocycles. The molecule has 1 radical (unpaired) electrons. The van der Waals surface area contributed by atoms with Gasteiger partial charge in [0.2, 0.25) is 0 Å². The van der Waals surface area contributed by atoms with E-state index in [2.05, 4.69) is 262 Å². The number of aromatic nitrogens is 3. The zero-order valence-electron chi connectivity index (χ0n) is 48.1. The van der Waals surface area contributed by atoms with E-state index in [9.17, 15) is 0 Å². The maximum Gasteiger partial charge on any atom is 0.121 e. The number of fused-ring (bicyclic) bond motifs is 7. The minimum Gasteiger partial charge on any atom is -0.501 e. The smallest absolute Gasteiger partial charge is 0.121 e. The number of imidazole rings is 1. The molecule has 79 heavy (non-hydrogen) atoms. The zero-order valence-corrected chi connectivity index (χ0v) is 51.5. The van der Waals surface area contributed by atoms with Crippen LogP contribution in [0.15, 0.2) is 187 Å². The van der Waals surface area contributed by atoms with Crippen LogP contribution in [-0.2, 0) is 30.9 Å². The fourth-order valence-electron chi connectivity index (χ4n) is 10.9. The molecular weight excluding hydrogens is 1160 g/mol. The Labute approximate surface area is 482 Å². The standard InChI is InChI=1S/C59H55N2O.C14H16NSi.Ir/c1-35(2)48-31-42(38-24-22-37(23-25-38)41-28-43(58(5,6)7)33-44(29-41)59(8,9)10)32-49(36(3)4)55(48)61-53-21-14-13-20-52(53)60-57(61)47-19-15-18-46-51-30-40-27-26-39-16-11-12-17-45(39)50(40)34-54(51)62-56(46)47;1-16(2,3)13-9-10-15-14(11-13)12-7-5-4-6-8-12;/h11-18,20-36H,1-10H3;4-7,9-11H,1-3H3;/q2*-1;. The Kier molecular flexibility index (Phi) is 15.0. The number of hydrogen-bond donors (Lipinski definition) is 0. The maximum absolute atomic E-state index is 6.92. The summed E-state index contributed by atoms with van der Waals surface area (Å²) in [5.41, 5.74) is 18.2.